The molecule has 0 saturated heterocycles. The highest BCUT2D eigenvalue weighted by Gasteiger charge is 2.39. The number of rotatable bonds is 6. The Morgan fingerprint density at radius 3 is 1.32 bits per heavy atom. The second-order valence-corrected chi connectivity index (χ2v) is 8.15. The molecule has 0 unspecified atom stereocenters. The zero-order valence-electron chi connectivity index (χ0n) is 16.3. The van der Waals surface area contributed by atoms with Crippen molar-refractivity contribution in [1.82, 2.24) is 0 Å². The molecular weight excluding hydrogens is 360 g/mol. The van der Waals surface area contributed by atoms with Crippen molar-refractivity contribution in [2.24, 2.45) is 0 Å². The summed E-state index contributed by atoms with van der Waals surface area (Å²) in [7, 11) is 0. The normalized spacial score (nSPS) is 20.9. The molecule has 0 bridgehead atoms. The maximum absolute atomic E-state index is 12.2. The zero-order valence-corrected chi connectivity index (χ0v) is 16.3. The minimum atomic E-state index is -1.34. The van der Waals surface area contributed by atoms with E-state index >= 15 is 0 Å². The van der Waals surface area contributed by atoms with Gasteiger partial charge in [0.1, 0.15) is 13.2 Å². The first-order valence-corrected chi connectivity index (χ1v) is 10.3. The Hall–Kier alpha value is -1.92. The molecule has 2 fully saturated rings. The van der Waals surface area contributed by atoms with Crippen molar-refractivity contribution < 1.29 is 29.3 Å². The Morgan fingerprint density at radius 2 is 1.00 bits per heavy atom. The standard InChI is InChI=1S/C22H30O6/c23-19(21(25)11-3-1-4-12-21)27-15-17-7-9-18(10-8-17)16-28-20(24)22(26)13-5-2-6-14-22/h7-10,25-26H,1-6,11-16H2. The first-order valence-electron chi connectivity index (χ1n) is 10.3. The van der Waals surface area contributed by atoms with Crippen molar-refractivity contribution in [1.29, 1.82) is 0 Å². The van der Waals surface area contributed by atoms with E-state index in [1.807, 2.05) is 0 Å². The van der Waals surface area contributed by atoms with Crippen molar-refractivity contribution in [3.63, 3.8) is 0 Å². The molecule has 6 heteroatoms. The van der Waals surface area contributed by atoms with Gasteiger partial charge in [0.25, 0.3) is 0 Å². The fraction of sp³-hybridized carbons (Fsp3) is 0.636. The highest BCUT2D eigenvalue weighted by atomic mass is 16.6. The third kappa shape index (κ3) is 5.11. The largest absolute Gasteiger partial charge is 0.459 e. The first-order chi connectivity index (χ1) is 13.4. The zero-order chi connectivity index (χ0) is 20.0. The van der Waals surface area contributed by atoms with Crippen molar-refractivity contribution in [3.8, 4) is 0 Å². The molecule has 0 atom stereocenters. The van der Waals surface area contributed by atoms with Gasteiger partial charge in [-0.15, -0.1) is 0 Å². The molecule has 0 amide bonds. The molecule has 1 aromatic rings. The molecule has 154 valence electrons. The second kappa shape index (κ2) is 9.05. The van der Waals surface area contributed by atoms with Crippen LogP contribution >= 0.6 is 0 Å². The number of esters is 2. The molecule has 0 heterocycles. The summed E-state index contributed by atoms with van der Waals surface area (Å²) >= 11 is 0. The van der Waals surface area contributed by atoms with E-state index < -0.39 is 23.1 Å². The lowest BCUT2D eigenvalue weighted by Crippen LogP contribution is -2.41. The van der Waals surface area contributed by atoms with Crippen LogP contribution in [0.4, 0.5) is 0 Å². The van der Waals surface area contributed by atoms with Gasteiger partial charge in [0, 0.05) is 0 Å². The summed E-state index contributed by atoms with van der Waals surface area (Å²) in [6, 6.07) is 7.21. The van der Waals surface area contributed by atoms with Crippen molar-refractivity contribution in [2.45, 2.75) is 88.6 Å². The van der Waals surface area contributed by atoms with Crippen LogP contribution in [0.2, 0.25) is 0 Å². The van der Waals surface area contributed by atoms with Gasteiger partial charge in [0.15, 0.2) is 11.2 Å². The summed E-state index contributed by atoms with van der Waals surface area (Å²) in [6.45, 7) is 0.196. The van der Waals surface area contributed by atoms with Gasteiger partial charge >= 0.3 is 11.9 Å². The van der Waals surface area contributed by atoms with E-state index in [0.29, 0.717) is 25.7 Å². The Morgan fingerprint density at radius 1 is 0.679 bits per heavy atom. The van der Waals surface area contributed by atoms with Crippen molar-refractivity contribution in [2.75, 3.05) is 0 Å². The topological polar surface area (TPSA) is 93.1 Å². The number of carbonyl (C=O) groups excluding carboxylic acids is 2. The Bertz CT molecular complexity index is 610. The number of benzene rings is 1. The number of hydrogen-bond acceptors (Lipinski definition) is 6. The van der Waals surface area contributed by atoms with Gasteiger partial charge < -0.3 is 19.7 Å². The third-order valence-electron chi connectivity index (χ3n) is 5.88. The lowest BCUT2D eigenvalue weighted by molar-refractivity contribution is -0.170. The van der Waals surface area contributed by atoms with Crippen LogP contribution in [-0.2, 0) is 32.3 Å². The van der Waals surface area contributed by atoms with Gasteiger partial charge in [-0.05, 0) is 62.5 Å². The summed E-state index contributed by atoms with van der Waals surface area (Å²) in [5.74, 6) is -1.10. The fourth-order valence-electron chi connectivity index (χ4n) is 3.98. The average molecular weight is 390 g/mol. The van der Waals surface area contributed by atoms with Crippen LogP contribution in [-0.4, -0.2) is 33.4 Å². The fourth-order valence-corrected chi connectivity index (χ4v) is 3.98. The van der Waals surface area contributed by atoms with E-state index in [0.717, 1.165) is 49.7 Å². The molecule has 2 aliphatic rings. The van der Waals surface area contributed by atoms with E-state index in [1.165, 1.54) is 0 Å². The quantitative estimate of drug-likeness (QED) is 0.725. The molecule has 28 heavy (non-hydrogen) atoms. The van der Waals surface area contributed by atoms with Gasteiger partial charge in [-0.2, -0.15) is 0 Å². The summed E-state index contributed by atoms with van der Waals surface area (Å²) in [5.41, 5.74) is -1.08. The van der Waals surface area contributed by atoms with E-state index in [2.05, 4.69) is 0 Å². The van der Waals surface area contributed by atoms with Gasteiger partial charge in [-0.3, -0.25) is 0 Å². The monoisotopic (exact) mass is 390 g/mol. The maximum atomic E-state index is 12.2. The van der Waals surface area contributed by atoms with Gasteiger partial charge in [0.2, 0.25) is 0 Å². The van der Waals surface area contributed by atoms with Crippen molar-refractivity contribution in [3.05, 3.63) is 35.4 Å². The number of carbonyl (C=O) groups is 2. The average Bonchev–Trinajstić information content (AvgIpc) is 2.72. The third-order valence-corrected chi connectivity index (χ3v) is 5.88. The molecule has 3 rings (SSSR count). The maximum Gasteiger partial charge on any atom is 0.338 e. The van der Waals surface area contributed by atoms with E-state index in [4.69, 9.17) is 9.47 Å². The van der Waals surface area contributed by atoms with E-state index in [1.54, 1.807) is 24.3 Å². The predicted molar refractivity (Wildman–Crippen MR) is 102 cm³/mol. The van der Waals surface area contributed by atoms with E-state index in [-0.39, 0.29) is 13.2 Å². The lowest BCUT2D eigenvalue weighted by Gasteiger charge is -2.29. The van der Waals surface area contributed by atoms with Crippen LogP contribution in [0.1, 0.15) is 75.3 Å². The Balaban J connectivity index is 1.45. The van der Waals surface area contributed by atoms with Crippen LogP contribution in [0, 0.1) is 0 Å². The minimum absolute atomic E-state index is 0.0982. The molecular formula is C22H30O6. The first kappa shape index (κ1) is 20.8. The summed E-state index contributed by atoms with van der Waals surface area (Å²) in [4.78, 5) is 24.3. The smallest absolute Gasteiger partial charge is 0.338 e. The number of ether oxygens (including phenoxy) is 2. The van der Waals surface area contributed by atoms with Crippen LogP contribution in [0.25, 0.3) is 0 Å². The Kier molecular flexibility index (Phi) is 6.73. The second-order valence-electron chi connectivity index (χ2n) is 8.15. The number of hydrogen-bond donors (Lipinski definition) is 2. The minimum Gasteiger partial charge on any atom is -0.459 e. The van der Waals surface area contributed by atoms with Crippen LogP contribution in [0.15, 0.2) is 24.3 Å². The Labute approximate surface area is 165 Å². The molecule has 6 nitrogen and oxygen atoms in total. The van der Waals surface area contributed by atoms with Gasteiger partial charge in [0.05, 0.1) is 0 Å². The van der Waals surface area contributed by atoms with Crippen LogP contribution < -0.4 is 0 Å². The molecule has 0 spiro atoms. The molecule has 0 radical (unpaired) electrons. The lowest BCUT2D eigenvalue weighted by atomic mass is 9.85. The molecule has 0 aliphatic heterocycles. The summed E-state index contributed by atoms with van der Waals surface area (Å²) < 4.78 is 10.6. The van der Waals surface area contributed by atoms with Gasteiger partial charge in [-0.1, -0.05) is 37.1 Å². The molecule has 2 N–H and O–H groups in total. The molecule has 1 aromatic carbocycles. The predicted octanol–water partition coefficient (Wildman–Crippen LogP) is 3.16. The summed E-state index contributed by atoms with van der Waals surface area (Å²) in [6.07, 6.45) is 7.29. The van der Waals surface area contributed by atoms with Crippen LogP contribution in [0.5, 0.6) is 0 Å². The van der Waals surface area contributed by atoms with Crippen LogP contribution in [0.3, 0.4) is 0 Å². The van der Waals surface area contributed by atoms with Crippen molar-refractivity contribution >= 4 is 11.9 Å². The SMILES string of the molecule is O=C(OCc1ccc(COC(=O)C2(O)CCCCC2)cc1)C1(O)CCCCC1. The molecule has 0 aromatic heterocycles. The summed E-state index contributed by atoms with van der Waals surface area (Å²) in [5, 5.41) is 20.7. The van der Waals surface area contributed by atoms with Gasteiger partial charge in [-0.25, -0.2) is 9.59 Å². The highest BCUT2D eigenvalue weighted by molar-refractivity contribution is 5.79. The van der Waals surface area contributed by atoms with E-state index in [9.17, 15) is 19.8 Å². The molecule has 2 aliphatic carbocycles. The highest BCUT2D eigenvalue weighted by Crippen LogP contribution is 2.30. The number of aliphatic hydroxyl groups is 2. The molecule has 2 saturated carbocycles.